The summed E-state index contributed by atoms with van der Waals surface area (Å²) in [5.41, 5.74) is -1.75. The van der Waals surface area contributed by atoms with Crippen molar-refractivity contribution in [3.63, 3.8) is 0 Å². The van der Waals surface area contributed by atoms with E-state index in [1.807, 2.05) is 35.2 Å². The fourth-order valence-corrected chi connectivity index (χ4v) is 4.33. The van der Waals surface area contributed by atoms with Crippen molar-refractivity contribution in [3.8, 4) is 0 Å². The highest BCUT2D eigenvalue weighted by Gasteiger charge is 2.61. The lowest BCUT2D eigenvalue weighted by Crippen LogP contribution is -2.59. The standard InChI is InChI=1S/C21H25F3N4O2/c1-15(12-16-6-4-3-5-7-16)28-19-25-17(26-8-10-30-11-9-26)13-18(29)27(19)14-20(28,2)21(22,23)24/h3-7,13,15H,8-12,14H2,1-2H3/t15?,20-/m0/s1. The van der Waals surface area contributed by atoms with Gasteiger partial charge in [0.05, 0.1) is 19.8 Å². The average molecular weight is 422 g/mol. The predicted octanol–water partition coefficient (Wildman–Crippen LogP) is 2.85. The number of anilines is 2. The Morgan fingerprint density at radius 1 is 1.20 bits per heavy atom. The number of morpholine rings is 1. The number of aromatic nitrogens is 2. The molecule has 2 aliphatic rings. The number of halogens is 3. The zero-order valence-corrected chi connectivity index (χ0v) is 17.0. The van der Waals surface area contributed by atoms with E-state index < -0.39 is 29.9 Å². The molecule has 4 rings (SSSR count). The summed E-state index contributed by atoms with van der Waals surface area (Å²) >= 11 is 0. The molecule has 30 heavy (non-hydrogen) atoms. The lowest BCUT2D eigenvalue weighted by atomic mass is 9.96. The van der Waals surface area contributed by atoms with Gasteiger partial charge < -0.3 is 14.5 Å². The number of benzene rings is 1. The van der Waals surface area contributed by atoms with Crippen LogP contribution >= 0.6 is 0 Å². The van der Waals surface area contributed by atoms with E-state index in [1.54, 1.807) is 6.92 Å². The molecule has 6 nitrogen and oxygen atoms in total. The van der Waals surface area contributed by atoms with Crippen LogP contribution in [0.15, 0.2) is 41.2 Å². The molecule has 2 atom stereocenters. The molecule has 0 saturated carbocycles. The van der Waals surface area contributed by atoms with Gasteiger partial charge in [0, 0.05) is 25.2 Å². The summed E-state index contributed by atoms with van der Waals surface area (Å²) in [5, 5.41) is 0. The third-order valence-electron chi connectivity index (χ3n) is 5.95. The molecule has 1 unspecified atom stereocenters. The predicted molar refractivity (Wildman–Crippen MR) is 108 cm³/mol. The highest BCUT2D eigenvalue weighted by atomic mass is 19.4. The SMILES string of the molecule is CC(Cc1ccccc1)N1c2nc(N3CCOCC3)cc(=O)n2C[C@@]1(C)C(F)(F)F. The van der Waals surface area contributed by atoms with Crippen LogP contribution in [0.1, 0.15) is 19.4 Å². The number of alkyl halides is 3. The Morgan fingerprint density at radius 2 is 1.87 bits per heavy atom. The number of nitrogens with zero attached hydrogens (tertiary/aromatic N) is 4. The summed E-state index contributed by atoms with van der Waals surface area (Å²) in [6.45, 7) is 4.51. The van der Waals surface area contributed by atoms with E-state index in [1.165, 1.54) is 11.0 Å². The van der Waals surface area contributed by atoms with Gasteiger partial charge in [-0.25, -0.2) is 0 Å². The van der Waals surface area contributed by atoms with Crippen LogP contribution in [-0.2, 0) is 17.7 Å². The van der Waals surface area contributed by atoms with E-state index in [-0.39, 0.29) is 5.95 Å². The van der Waals surface area contributed by atoms with Gasteiger partial charge in [0.25, 0.3) is 5.56 Å². The molecular weight excluding hydrogens is 397 g/mol. The van der Waals surface area contributed by atoms with Crippen molar-refractivity contribution in [2.75, 3.05) is 36.1 Å². The molecular formula is C21H25F3N4O2. The number of hydrogen-bond donors (Lipinski definition) is 0. The van der Waals surface area contributed by atoms with Crippen LogP contribution in [0, 0.1) is 0 Å². The van der Waals surface area contributed by atoms with E-state index in [0.29, 0.717) is 38.5 Å². The molecule has 2 aliphatic heterocycles. The molecule has 0 amide bonds. The Bertz CT molecular complexity index is 957. The van der Waals surface area contributed by atoms with Crippen LogP contribution in [0.2, 0.25) is 0 Å². The molecule has 2 aromatic rings. The van der Waals surface area contributed by atoms with Crippen LogP contribution < -0.4 is 15.4 Å². The Morgan fingerprint density at radius 3 is 2.50 bits per heavy atom. The second kappa shape index (κ2) is 7.61. The van der Waals surface area contributed by atoms with Crippen molar-refractivity contribution >= 4 is 11.8 Å². The minimum atomic E-state index is -4.53. The van der Waals surface area contributed by atoms with Crippen LogP contribution in [0.4, 0.5) is 24.9 Å². The maximum atomic E-state index is 14.2. The highest BCUT2D eigenvalue weighted by molar-refractivity contribution is 5.51. The number of hydrogen-bond acceptors (Lipinski definition) is 5. The zero-order valence-electron chi connectivity index (χ0n) is 17.0. The molecule has 0 spiro atoms. The van der Waals surface area contributed by atoms with Crippen molar-refractivity contribution in [2.45, 2.75) is 44.6 Å². The van der Waals surface area contributed by atoms with E-state index in [4.69, 9.17) is 4.74 Å². The molecule has 0 N–H and O–H groups in total. The molecule has 1 aromatic carbocycles. The van der Waals surface area contributed by atoms with Gasteiger partial charge in [0.1, 0.15) is 5.82 Å². The van der Waals surface area contributed by atoms with E-state index >= 15 is 0 Å². The van der Waals surface area contributed by atoms with Crippen molar-refractivity contribution in [2.24, 2.45) is 0 Å². The lowest BCUT2D eigenvalue weighted by Gasteiger charge is -2.40. The second-order valence-electron chi connectivity index (χ2n) is 8.12. The fraction of sp³-hybridized carbons (Fsp3) is 0.524. The van der Waals surface area contributed by atoms with Crippen LogP contribution in [0.3, 0.4) is 0 Å². The monoisotopic (exact) mass is 422 g/mol. The topological polar surface area (TPSA) is 50.6 Å². The third kappa shape index (κ3) is 3.55. The van der Waals surface area contributed by atoms with Gasteiger partial charge in [-0.05, 0) is 25.8 Å². The quantitative estimate of drug-likeness (QED) is 0.759. The normalized spacial score (nSPS) is 22.8. The Hall–Kier alpha value is -2.55. The zero-order chi connectivity index (χ0) is 21.5. The van der Waals surface area contributed by atoms with Gasteiger partial charge in [0.2, 0.25) is 5.95 Å². The lowest BCUT2D eigenvalue weighted by molar-refractivity contribution is -0.183. The first-order chi connectivity index (χ1) is 14.2. The first-order valence-corrected chi connectivity index (χ1v) is 10.1. The smallest absolute Gasteiger partial charge is 0.378 e. The van der Waals surface area contributed by atoms with Crippen molar-refractivity contribution in [1.29, 1.82) is 0 Å². The van der Waals surface area contributed by atoms with Crippen molar-refractivity contribution in [1.82, 2.24) is 9.55 Å². The fourth-order valence-electron chi connectivity index (χ4n) is 4.33. The first-order valence-electron chi connectivity index (χ1n) is 10.1. The molecule has 0 bridgehead atoms. The largest absolute Gasteiger partial charge is 0.413 e. The summed E-state index contributed by atoms with van der Waals surface area (Å²) in [4.78, 5) is 20.5. The average Bonchev–Trinajstić information content (AvgIpc) is 3.03. The van der Waals surface area contributed by atoms with E-state index in [2.05, 4.69) is 4.98 Å². The van der Waals surface area contributed by atoms with Gasteiger partial charge in [-0.15, -0.1) is 0 Å². The van der Waals surface area contributed by atoms with Crippen LogP contribution in [-0.4, -0.2) is 53.6 Å². The molecule has 3 heterocycles. The Labute approximate surface area is 172 Å². The maximum Gasteiger partial charge on any atom is 0.413 e. The van der Waals surface area contributed by atoms with Gasteiger partial charge in [-0.3, -0.25) is 9.36 Å². The van der Waals surface area contributed by atoms with E-state index in [9.17, 15) is 18.0 Å². The molecule has 0 radical (unpaired) electrons. The summed E-state index contributed by atoms with van der Waals surface area (Å²) in [5.74, 6) is 0.477. The van der Waals surface area contributed by atoms with Crippen molar-refractivity contribution in [3.05, 3.63) is 52.3 Å². The Kier molecular flexibility index (Phi) is 5.25. The van der Waals surface area contributed by atoms with Gasteiger partial charge in [-0.1, -0.05) is 30.3 Å². The Balaban J connectivity index is 1.77. The first kappa shape index (κ1) is 20.7. The number of rotatable bonds is 4. The van der Waals surface area contributed by atoms with Gasteiger partial charge in [-0.2, -0.15) is 18.2 Å². The van der Waals surface area contributed by atoms with Crippen LogP contribution in [0.25, 0.3) is 0 Å². The number of ether oxygens (including phenoxy) is 1. The summed E-state index contributed by atoms with van der Waals surface area (Å²) in [6, 6.07) is 10.2. The summed E-state index contributed by atoms with van der Waals surface area (Å²) in [7, 11) is 0. The third-order valence-corrected chi connectivity index (χ3v) is 5.95. The van der Waals surface area contributed by atoms with Gasteiger partial charge in [0.15, 0.2) is 5.54 Å². The molecule has 162 valence electrons. The second-order valence-corrected chi connectivity index (χ2v) is 8.12. The minimum Gasteiger partial charge on any atom is -0.378 e. The van der Waals surface area contributed by atoms with E-state index in [0.717, 1.165) is 17.1 Å². The number of fused-ring (bicyclic) bond motifs is 1. The minimum absolute atomic E-state index is 0.0762. The summed E-state index contributed by atoms with van der Waals surface area (Å²) < 4.78 is 49.2. The van der Waals surface area contributed by atoms with Gasteiger partial charge >= 0.3 is 6.18 Å². The summed E-state index contributed by atoms with van der Waals surface area (Å²) in [6.07, 6.45) is -4.12. The van der Waals surface area contributed by atoms with Crippen LogP contribution in [0.5, 0.6) is 0 Å². The molecule has 1 saturated heterocycles. The van der Waals surface area contributed by atoms with Crippen molar-refractivity contribution < 1.29 is 17.9 Å². The molecule has 1 fully saturated rings. The molecule has 0 aliphatic carbocycles. The molecule has 1 aromatic heterocycles. The maximum absolute atomic E-state index is 14.2. The molecule has 9 heteroatoms. The highest BCUT2D eigenvalue weighted by Crippen LogP contribution is 2.44.